The predicted molar refractivity (Wildman–Crippen MR) is 190 cm³/mol. The highest BCUT2D eigenvalue weighted by Gasteiger charge is 2.35. The molecular weight excluding hydrogens is 654 g/mol. The maximum Gasteiger partial charge on any atom is 0.408 e. The van der Waals surface area contributed by atoms with Gasteiger partial charge < -0.3 is 39.5 Å². The van der Waals surface area contributed by atoms with Gasteiger partial charge in [-0.2, -0.15) is 0 Å². The average Bonchev–Trinajstić information content (AvgIpc) is 3.52. The fourth-order valence-electron chi connectivity index (χ4n) is 4.76. The minimum absolute atomic E-state index is 0.117. The number of anilines is 1. The molecule has 13 heteroatoms. The van der Waals surface area contributed by atoms with Crippen molar-refractivity contribution in [2.75, 3.05) is 18.5 Å². The number of hydrogen-bond donors (Lipinski definition) is 3. The molecular formula is C38H45N5O8. The molecule has 4 aromatic rings. The minimum atomic E-state index is -1.45. The van der Waals surface area contributed by atoms with Gasteiger partial charge in [-0.25, -0.2) is 14.6 Å². The number of rotatable bonds is 15. The Balaban J connectivity index is 1.50. The van der Waals surface area contributed by atoms with Crippen molar-refractivity contribution in [3.8, 4) is 11.5 Å². The van der Waals surface area contributed by atoms with Crippen LogP contribution in [0.5, 0.6) is 11.5 Å². The lowest BCUT2D eigenvalue weighted by molar-refractivity contribution is -0.145. The zero-order valence-corrected chi connectivity index (χ0v) is 29.7. The maximum atomic E-state index is 13.6. The highest BCUT2D eigenvalue weighted by molar-refractivity contribution is 5.98. The normalized spacial score (nSPS) is 12.6. The molecule has 51 heavy (non-hydrogen) atoms. The van der Waals surface area contributed by atoms with Crippen LogP contribution < -0.4 is 20.7 Å². The minimum Gasteiger partial charge on any atom is -0.464 e. The molecule has 0 saturated heterocycles. The summed E-state index contributed by atoms with van der Waals surface area (Å²) in [7, 11) is 0. The summed E-state index contributed by atoms with van der Waals surface area (Å²) in [6, 6.07) is 23.5. The number of carbonyl (C=O) groups excluding carboxylic acids is 4. The van der Waals surface area contributed by atoms with Gasteiger partial charge in [0, 0.05) is 6.20 Å². The van der Waals surface area contributed by atoms with Crippen molar-refractivity contribution in [3.05, 3.63) is 109 Å². The zero-order chi connectivity index (χ0) is 37.0. The fraction of sp³-hybridized carbons (Fsp3) is 0.342. The van der Waals surface area contributed by atoms with Crippen LogP contribution in [0.3, 0.4) is 0 Å². The molecule has 3 aromatic carbocycles. The smallest absolute Gasteiger partial charge is 0.408 e. The first kappa shape index (κ1) is 38.1. The molecule has 13 nitrogen and oxygen atoms in total. The summed E-state index contributed by atoms with van der Waals surface area (Å²) >= 11 is 0. The van der Waals surface area contributed by atoms with Gasteiger partial charge in [-0.3, -0.25) is 9.59 Å². The lowest BCUT2D eigenvalue weighted by Gasteiger charge is -2.29. The first-order valence-corrected chi connectivity index (χ1v) is 16.5. The zero-order valence-electron chi connectivity index (χ0n) is 29.7. The van der Waals surface area contributed by atoms with Gasteiger partial charge in [0.2, 0.25) is 5.91 Å². The lowest BCUT2D eigenvalue weighted by Crippen LogP contribution is -2.59. The molecule has 270 valence electrons. The Morgan fingerprint density at radius 3 is 2.10 bits per heavy atom. The Morgan fingerprint density at radius 2 is 1.47 bits per heavy atom. The van der Waals surface area contributed by atoms with E-state index in [1.165, 1.54) is 30.9 Å². The lowest BCUT2D eigenvalue weighted by atomic mass is 10.0. The van der Waals surface area contributed by atoms with E-state index in [1.807, 2.05) is 60.7 Å². The van der Waals surface area contributed by atoms with E-state index in [9.17, 15) is 19.2 Å². The molecule has 3 N–H and O–H groups in total. The van der Waals surface area contributed by atoms with Gasteiger partial charge in [-0.1, -0.05) is 60.7 Å². The van der Waals surface area contributed by atoms with Gasteiger partial charge in [0.15, 0.2) is 11.9 Å². The number of hydrogen-bond acceptors (Lipinski definition) is 9. The molecule has 0 aliphatic heterocycles. The van der Waals surface area contributed by atoms with Gasteiger partial charge in [-0.05, 0) is 76.9 Å². The van der Waals surface area contributed by atoms with Crippen LogP contribution in [0.25, 0.3) is 0 Å². The number of alkyl carbamates (subject to hydrolysis) is 1. The van der Waals surface area contributed by atoms with E-state index in [0.29, 0.717) is 17.1 Å². The van der Waals surface area contributed by atoms with Gasteiger partial charge >= 0.3 is 12.1 Å². The Bertz CT molecular complexity index is 1750. The van der Waals surface area contributed by atoms with E-state index in [4.69, 9.17) is 18.9 Å². The number of esters is 1. The highest BCUT2D eigenvalue weighted by atomic mass is 16.6. The molecule has 0 radical (unpaired) electrons. The molecule has 0 aliphatic rings. The Kier molecular flexibility index (Phi) is 12.9. The first-order chi connectivity index (χ1) is 24.2. The third-order valence-electron chi connectivity index (χ3n) is 7.23. The fourth-order valence-corrected chi connectivity index (χ4v) is 4.76. The molecule has 0 bridgehead atoms. The van der Waals surface area contributed by atoms with Crippen molar-refractivity contribution >= 4 is 29.7 Å². The highest BCUT2D eigenvalue weighted by Crippen LogP contribution is 2.27. The SMILES string of the molecule is CCOC(=O)C(c1ccc(Oc2ccccc2)cc1)n1cnc(NC(=O)[C@@H](COCc2ccccc2)NC(=O)C(C)(C)NC(=O)OC(C)(C)C)c1. The van der Waals surface area contributed by atoms with Gasteiger partial charge in [-0.15, -0.1) is 0 Å². The van der Waals surface area contributed by atoms with Crippen LogP contribution in [0, 0.1) is 0 Å². The van der Waals surface area contributed by atoms with Crippen LogP contribution in [0.1, 0.15) is 58.7 Å². The van der Waals surface area contributed by atoms with E-state index in [1.54, 1.807) is 52.0 Å². The second-order valence-electron chi connectivity index (χ2n) is 13.1. The first-order valence-electron chi connectivity index (χ1n) is 16.5. The van der Waals surface area contributed by atoms with E-state index >= 15 is 0 Å². The molecule has 3 amide bonds. The summed E-state index contributed by atoms with van der Waals surface area (Å²) < 4.78 is 23.9. The number of ether oxygens (including phenoxy) is 4. The predicted octanol–water partition coefficient (Wildman–Crippen LogP) is 5.77. The van der Waals surface area contributed by atoms with Crippen LogP contribution in [0.4, 0.5) is 10.6 Å². The third-order valence-corrected chi connectivity index (χ3v) is 7.23. The van der Waals surface area contributed by atoms with E-state index in [2.05, 4.69) is 20.9 Å². The van der Waals surface area contributed by atoms with Crippen molar-refractivity contribution in [2.45, 2.75) is 71.4 Å². The number of amides is 3. The van der Waals surface area contributed by atoms with Crippen LogP contribution in [0.15, 0.2) is 97.5 Å². The Morgan fingerprint density at radius 1 is 0.843 bits per heavy atom. The third kappa shape index (κ3) is 11.7. The summed E-state index contributed by atoms with van der Waals surface area (Å²) in [6.45, 7) is 9.96. The second kappa shape index (κ2) is 17.3. The van der Waals surface area contributed by atoms with Gasteiger partial charge in [0.25, 0.3) is 5.91 Å². The van der Waals surface area contributed by atoms with Crippen molar-refractivity contribution < 1.29 is 38.1 Å². The second-order valence-corrected chi connectivity index (χ2v) is 13.1. The van der Waals surface area contributed by atoms with E-state index < -0.39 is 47.1 Å². The molecule has 1 unspecified atom stereocenters. The average molecular weight is 700 g/mol. The molecule has 4 rings (SSSR count). The largest absolute Gasteiger partial charge is 0.464 e. The summed E-state index contributed by atoms with van der Waals surface area (Å²) in [5.41, 5.74) is -0.752. The molecule has 0 aliphatic carbocycles. The maximum absolute atomic E-state index is 13.6. The van der Waals surface area contributed by atoms with Crippen LogP contribution in [0.2, 0.25) is 0 Å². The number of nitrogens with one attached hydrogen (secondary N) is 3. The van der Waals surface area contributed by atoms with Crippen LogP contribution in [-0.4, -0.2) is 63.8 Å². The summed E-state index contributed by atoms with van der Waals surface area (Å²) in [5, 5.41) is 7.92. The number of benzene rings is 3. The van der Waals surface area contributed by atoms with Gasteiger partial charge in [0.05, 0.1) is 26.1 Å². The van der Waals surface area contributed by atoms with Crippen molar-refractivity contribution in [1.29, 1.82) is 0 Å². The monoisotopic (exact) mass is 699 g/mol. The number of carbonyl (C=O) groups is 4. The Labute approximate surface area is 297 Å². The molecule has 0 spiro atoms. The quantitative estimate of drug-likeness (QED) is 0.131. The molecule has 1 heterocycles. The van der Waals surface area contributed by atoms with E-state index in [-0.39, 0.29) is 25.6 Å². The summed E-state index contributed by atoms with van der Waals surface area (Å²) in [5.74, 6) is -0.437. The van der Waals surface area contributed by atoms with Crippen molar-refractivity contribution in [3.63, 3.8) is 0 Å². The van der Waals surface area contributed by atoms with E-state index in [0.717, 1.165) is 5.56 Å². The Hall–Kier alpha value is -5.69. The number of nitrogens with zero attached hydrogens (tertiary/aromatic N) is 2. The standard InChI is InChI=1S/C38H45N5O8/c1-7-49-34(45)32(27-18-20-29(21-19-27)50-28-16-12-9-13-17-28)43-22-31(39-25-43)41-33(44)30(24-48-23-26-14-10-8-11-15-26)40-35(46)38(5,6)42-36(47)51-37(2,3)4/h8-22,25,30,32H,7,23-24H2,1-6H3,(H,40,46)(H,41,44)(H,42,47)/t30-,32?/m1/s1. The van der Waals surface area contributed by atoms with Crippen molar-refractivity contribution in [2.24, 2.45) is 0 Å². The topological polar surface area (TPSA) is 159 Å². The van der Waals surface area contributed by atoms with Crippen molar-refractivity contribution in [1.82, 2.24) is 20.2 Å². The number of para-hydroxylation sites is 1. The summed E-state index contributed by atoms with van der Waals surface area (Å²) in [6.07, 6.45) is 2.11. The molecule has 2 atom stereocenters. The molecule has 1 aromatic heterocycles. The summed E-state index contributed by atoms with van der Waals surface area (Å²) in [4.78, 5) is 56.9. The van der Waals surface area contributed by atoms with Crippen LogP contribution >= 0.6 is 0 Å². The molecule has 0 saturated carbocycles. The van der Waals surface area contributed by atoms with Gasteiger partial charge in [0.1, 0.15) is 28.7 Å². The molecule has 0 fully saturated rings. The number of aromatic nitrogens is 2. The van der Waals surface area contributed by atoms with Crippen LogP contribution in [-0.2, 0) is 35.2 Å². The number of imidazole rings is 1.